The number of anilines is 2. The summed E-state index contributed by atoms with van der Waals surface area (Å²) in [6.07, 6.45) is 2.96. The van der Waals surface area contributed by atoms with Crippen LogP contribution in [-0.2, 0) is 0 Å². The molecule has 3 fully saturated rings. The van der Waals surface area contributed by atoms with Gasteiger partial charge < -0.3 is 15.5 Å². The molecule has 3 aliphatic heterocycles. The third-order valence-electron chi connectivity index (χ3n) is 6.48. The van der Waals surface area contributed by atoms with E-state index in [0.717, 1.165) is 16.6 Å². The van der Waals surface area contributed by atoms with E-state index in [0.29, 0.717) is 40.9 Å². The van der Waals surface area contributed by atoms with Gasteiger partial charge in [-0.3, -0.25) is 4.79 Å². The molecule has 8 heteroatoms. The predicted octanol–water partition coefficient (Wildman–Crippen LogP) is 4.73. The number of fused-ring (bicyclic) bond motifs is 4. The molecule has 0 saturated carbocycles. The van der Waals surface area contributed by atoms with Crippen LogP contribution in [0.3, 0.4) is 0 Å². The molecular formula is C24H23N5O2S. The van der Waals surface area contributed by atoms with Crippen LogP contribution >= 0.6 is 11.5 Å². The summed E-state index contributed by atoms with van der Waals surface area (Å²) in [6.45, 7) is 3.36. The van der Waals surface area contributed by atoms with Crippen LogP contribution < -0.4 is 10.6 Å². The van der Waals surface area contributed by atoms with Crippen molar-refractivity contribution in [2.75, 3.05) is 30.3 Å². The van der Waals surface area contributed by atoms with E-state index in [1.807, 2.05) is 18.2 Å². The lowest BCUT2D eigenvalue weighted by molar-refractivity contribution is 0.0440. The van der Waals surface area contributed by atoms with Gasteiger partial charge in [0.25, 0.3) is 0 Å². The first-order valence-corrected chi connectivity index (χ1v) is 11.6. The lowest BCUT2D eigenvalue weighted by atomic mass is 9.76. The SMILES string of the molecule is N#Cc1cccc(NC(=O)Nc2ccc3c(C(=O)C[C@@H]4CN5CCC4CC5)nsc3c2)c1. The number of nitriles is 1. The molecule has 0 aliphatic carbocycles. The number of amides is 2. The van der Waals surface area contributed by atoms with E-state index < -0.39 is 6.03 Å². The Bertz CT molecular complexity index is 1220. The number of ketones is 1. The zero-order valence-electron chi connectivity index (χ0n) is 17.5. The minimum absolute atomic E-state index is 0.117. The van der Waals surface area contributed by atoms with Crippen molar-refractivity contribution in [2.24, 2.45) is 11.8 Å². The molecule has 162 valence electrons. The molecule has 32 heavy (non-hydrogen) atoms. The minimum atomic E-state index is -0.400. The number of nitrogens with one attached hydrogen (secondary N) is 2. The predicted molar refractivity (Wildman–Crippen MR) is 125 cm³/mol. The van der Waals surface area contributed by atoms with Crippen molar-refractivity contribution in [3.8, 4) is 6.07 Å². The highest BCUT2D eigenvalue weighted by Gasteiger charge is 2.35. The molecule has 3 aromatic rings. The zero-order valence-corrected chi connectivity index (χ0v) is 18.3. The van der Waals surface area contributed by atoms with Crippen molar-refractivity contribution in [3.05, 3.63) is 53.7 Å². The Morgan fingerprint density at radius 3 is 2.62 bits per heavy atom. The van der Waals surface area contributed by atoms with Crippen molar-refractivity contribution in [1.82, 2.24) is 9.27 Å². The quantitative estimate of drug-likeness (QED) is 0.554. The molecule has 3 aliphatic rings. The standard InChI is InChI=1S/C24H23N5O2S/c25-13-15-2-1-3-18(10-15)26-24(31)27-19-4-5-20-22(12-19)32-28-23(20)21(30)11-17-14-29-8-6-16(17)7-9-29/h1-5,10,12,16-17H,6-9,11,14H2,(H2,26,27,31)/t17-/m1/s1. The molecular weight excluding hydrogens is 422 g/mol. The Morgan fingerprint density at radius 1 is 1.12 bits per heavy atom. The fourth-order valence-corrected chi connectivity index (χ4v) is 5.66. The first-order valence-electron chi connectivity index (χ1n) is 10.8. The maximum absolute atomic E-state index is 13.0. The number of benzene rings is 2. The molecule has 4 heterocycles. The van der Waals surface area contributed by atoms with E-state index in [9.17, 15) is 9.59 Å². The van der Waals surface area contributed by atoms with Crippen LogP contribution in [0, 0.1) is 23.2 Å². The van der Waals surface area contributed by atoms with Crippen molar-refractivity contribution in [1.29, 1.82) is 5.26 Å². The fourth-order valence-electron chi connectivity index (χ4n) is 4.83. The van der Waals surface area contributed by atoms with E-state index in [1.54, 1.807) is 30.3 Å². The highest BCUT2D eigenvalue weighted by molar-refractivity contribution is 7.13. The maximum atomic E-state index is 13.0. The van der Waals surface area contributed by atoms with Gasteiger partial charge in [-0.05, 0) is 85.7 Å². The molecule has 2 aromatic carbocycles. The van der Waals surface area contributed by atoms with Gasteiger partial charge in [0.2, 0.25) is 0 Å². The van der Waals surface area contributed by atoms with Gasteiger partial charge in [-0.1, -0.05) is 6.07 Å². The van der Waals surface area contributed by atoms with E-state index in [1.165, 1.54) is 37.5 Å². The Balaban J connectivity index is 1.26. The van der Waals surface area contributed by atoms with Crippen LogP contribution in [0.15, 0.2) is 42.5 Å². The number of carbonyl (C=O) groups is 2. The molecule has 1 aromatic heterocycles. The molecule has 6 rings (SSSR count). The first kappa shape index (κ1) is 20.6. The maximum Gasteiger partial charge on any atom is 0.323 e. The summed E-state index contributed by atoms with van der Waals surface area (Å²) in [5.41, 5.74) is 2.18. The minimum Gasteiger partial charge on any atom is -0.308 e. The summed E-state index contributed by atoms with van der Waals surface area (Å²) in [5, 5.41) is 15.3. The topological polar surface area (TPSA) is 98.1 Å². The number of hydrogen-bond acceptors (Lipinski definition) is 6. The van der Waals surface area contributed by atoms with Crippen LogP contribution in [0.4, 0.5) is 16.2 Å². The average molecular weight is 446 g/mol. The Labute approximate surface area is 190 Å². The molecule has 1 atom stereocenters. The number of hydrogen-bond donors (Lipinski definition) is 2. The summed E-state index contributed by atoms with van der Waals surface area (Å²) >= 11 is 1.28. The van der Waals surface area contributed by atoms with Gasteiger partial charge in [0.1, 0.15) is 5.69 Å². The van der Waals surface area contributed by atoms with Crippen LogP contribution in [-0.4, -0.2) is 40.7 Å². The molecule has 0 spiro atoms. The summed E-state index contributed by atoms with van der Waals surface area (Å²) in [7, 11) is 0. The van der Waals surface area contributed by atoms with E-state index in [2.05, 4.69) is 19.9 Å². The second-order valence-electron chi connectivity index (χ2n) is 8.54. The van der Waals surface area contributed by atoms with Crippen molar-refractivity contribution in [2.45, 2.75) is 19.3 Å². The number of urea groups is 1. The molecule has 2 bridgehead atoms. The monoisotopic (exact) mass is 445 g/mol. The van der Waals surface area contributed by atoms with Gasteiger partial charge in [-0.2, -0.15) is 9.64 Å². The Kier molecular flexibility index (Phi) is 5.60. The summed E-state index contributed by atoms with van der Waals surface area (Å²) in [6, 6.07) is 13.8. The van der Waals surface area contributed by atoms with Gasteiger partial charge in [-0.25, -0.2) is 4.79 Å². The smallest absolute Gasteiger partial charge is 0.308 e. The van der Waals surface area contributed by atoms with E-state index in [4.69, 9.17) is 5.26 Å². The Hall–Kier alpha value is -3.28. The molecule has 0 radical (unpaired) electrons. The average Bonchev–Trinajstić information content (AvgIpc) is 3.23. The second-order valence-corrected chi connectivity index (χ2v) is 9.34. The van der Waals surface area contributed by atoms with Gasteiger partial charge in [0, 0.05) is 29.7 Å². The van der Waals surface area contributed by atoms with Crippen LogP contribution in [0.25, 0.3) is 10.1 Å². The highest BCUT2D eigenvalue weighted by atomic mass is 32.1. The number of nitrogens with zero attached hydrogens (tertiary/aromatic N) is 3. The third kappa shape index (κ3) is 4.22. The van der Waals surface area contributed by atoms with E-state index in [-0.39, 0.29) is 5.78 Å². The van der Waals surface area contributed by atoms with Crippen molar-refractivity contribution >= 4 is 44.8 Å². The molecule has 3 saturated heterocycles. The van der Waals surface area contributed by atoms with Crippen LogP contribution in [0.2, 0.25) is 0 Å². The normalized spacial score (nSPS) is 21.8. The lowest BCUT2D eigenvalue weighted by Gasteiger charge is -2.44. The van der Waals surface area contributed by atoms with Gasteiger partial charge in [0.05, 0.1) is 16.3 Å². The number of rotatable bonds is 5. The number of carbonyl (C=O) groups excluding carboxylic acids is 2. The zero-order chi connectivity index (χ0) is 22.1. The van der Waals surface area contributed by atoms with Gasteiger partial charge in [-0.15, -0.1) is 0 Å². The summed E-state index contributed by atoms with van der Waals surface area (Å²) in [5.74, 6) is 1.22. The van der Waals surface area contributed by atoms with Crippen molar-refractivity contribution in [3.63, 3.8) is 0 Å². The molecule has 2 N–H and O–H groups in total. The molecule has 7 nitrogen and oxygen atoms in total. The molecule has 2 amide bonds. The number of Topliss-reactive ketones (excluding diaryl/α,β-unsaturated/α-hetero) is 1. The number of aromatic nitrogens is 1. The highest BCUT2D eigenvalue weighted by Crippen LogP contribution is 2.36. The lowest BCUT2D eigenvalue weighted by Crippen LogP contribution is -2.47. The third-order valence-corrected chi connectivity index (χ3v) is 7.29. The van der Waals surface area contributed by atoms with Gasteiger partial charge >= 0.3 is 6.03 Å². The van der Waals surface area contributed by atoms with Crippen LogP contribution in [0.5, 0.6) is 0 Å². The van der Waals surface area contributed by atoms with Gasteiger partial charge in [0.15, 0.2) is 5.78 Å². The first-order chi connectivity index (χ1) is 15.6. The van der Waals surface area contributed by atoms with Crippen LogP contribution in [0.1, 0.15) is 35.3 Å². The van der Waals surface area contributed by atoms with Crippen molar-refractivity contribution < 1.29 is 9.59 Å². The largest absolute Gasteiger partial charge is 0.323 e. The summed E-state index contributed by atoms with van der Waals surface area (Å²) in [4.78, 5) is 27.8. The summed E-state index contributed by atoms with van der Waals surface area (Å²) < 4.78 is 5.32. The number of piperidine rings is 3. The fraction of sp³-hybridized carbons (Fsp3) is 0.333. The second kappa shape index (κ2) is 8.69. The molecule has 0 unspecified atom stereocenters. The Morgan fingerprint density at radius 2 is 1.91 bits per heavy atom. The van der Waals surface area contributed by atoms with E-state index >= 15 is 0 Å².